The van der Waals surface area contributed by atoms with E-state index in [9.17, 15) is 0 Å². The van der Waals surface area contributed by atoms with E-state index < -0.39 is 0 Å². The van der Waals surface area contributed by atoms with Gasteiger partial charge in [0.25, 0.3) is 0 Å². The molecule has 0 radical (unpaired) electrons. The molecule has 1 rings (SSSR count). The van der Waals surface area contributed by atoms with E-state index in [0.29, 0.717) is 0 Å². The first kappa shape index (κ1) is 9.76. The molecule has 2 heteroatoms. The molecule has 1 aromatic carbocycles. The summed E-state index contributed by atoms with van der Waals surface area (Å²) in [7, 11) is 0. The van der Waals surface area contributed by atoms with E-state index >= 15 is 0 Å². The smallest absolute Gasteiger partial charge is 1.00 e. The zero-order valence-corrected chi connectivity index (χ0v) is 8.04. The van der Waals surface area contributed by atoms with E-state index in [0.717, 1.165) is 5.56 Å². The van der Waals surface area contributed by atoms with Crippen molar-refractivity contribution in [3.63, 3.8) is 0 Å². The first-order valence-electron chi connectivity index (χ1n) is 2.75. The van der Waals surface area contributed by atoms with Crippen molar-refractivity contribution in [2.75, 3.05) is 0 Å². The zero-order valence-electron chi connectivity index (χ0n) is 7.04. The van der Waals surface area contributed by atoms with Gasteiger partial charge in [-0.15, -0.1) is 0 Å². The number of phenols is 1. The molecule has 0 aliphatic heterocycles. The van der Waals surface area contributed by atoms with Crippen molar-refractivity contribution >= 4 is 6.08 Å². The van der Waals surface area contributed by atoms with Crippen molar-refractivity contribution in [1.82, 2.24) is 0 Å². The number of benzene rings is 1. The Morgan fingerprint density at radius 1 is 1.40 bits per heavy atom. The summed E-state index contributed by atoms with van der Waals surface area (Å²) in [5.41, 5.74) is 0.775. The fraction of sp³-hybridized carbons (Fsp3) is 0. The van der Waals surface area contributed by atoms with Crippen LogP contribution in [-0.2, 0) is 0 Å². The van der Waals surface area contributed by atoms with Crippen LogP contribution in [0.2, 0.25) is 0 Å². The van der Waals surface area contributed by atoms with E-state index in [-0.39, 0.29) is 36.7 Å². The van der Waals surface area contributed by atoms with Crippen molar-refractivity contribution in [2.45, 2.75) is 0 Å². The maximum absolute atomic E-state index is 9.04. The molecule has 0 unspecified atom stereocenters. The van der Waals surface area contributed by atoms with Crippen LogP contribution in [0.4, 0.5) is 0 Å². The number of phenolic OH excluding ortho intramolecular Hbond substituents is 1. The summed E-state index contributed by atoms with van der Waals surface area (Å²) in [6, 6.07) is 7.08. The van der Waals surface area contributed by atoms with Gasteiger partial charge in [0.1, 0.15) is 5.75 Å². The van der Waals surface area contributed by atoms with Crippen LogP contribution in [0.5, 0.6) is 5.75 Å². The van der Waals surface area contributed by atoms with Gasteiger partial charge in [-0.1, -0.05) is 30.9 Å². The molecule has 0 aliphatic rings. The van der Waals surface area contributed by atoms with Gasteiger partial charge in [-0.25, -0.2) is 0 Å². The van der Waals surface area contributed by atoms with Crippen molar-refractivity contribution in [3.8, 4) is 5.75 Å². The average Bonchev–Trinajstić information content (AvgIpc) is 1.89. The van der Waals surface area contributed by atoms with E-state index in [4.69, 9.17) is 5.11 Å². The summed E-state index contributed by atoms with van der Waals surface area (Å²) >= 11 is 0. The summed E-state index contributed by atoms with van der Waals surface area (Å²) in [4.78, 5) is 0. The van der Waals surface area contributed by atoms with E-state index in [1.165, 1.54) is 0 Å². The first-order valence-corrected chi connectivity index (χ1v) is 2.75. The molecule has 0 fully saturated rings. The molecule has 10 heavy (non-hydrogen) atoms. The third-order valence-electron chi connectivity index (χ3n) is 1.16. The normalized spacial score (nSPS) is 8.00. The molecule has 0 bridgehead atoms. The summed E-state index contributed by atoms with van der Waals surface area (Å²) in [5.74, 6) is 0.285. The largest absolute Gasteiger partial charge is 1.00 e. The van der Waals surface area contributed by atoms with Gasteiger partial charge in [0.05, 0.1) is 0 Å². The van der Waals surface area contributed by atoms with Gasteiger partial charge < -0.3 is 6.53 Å². The molecule has 0 aliphatic carbocycles. The maximum Gasteiger partial charge on any atom is 1.00 e. The van der Waals surface area contributed by atoms with Crippen LogP contribution >= 0.6 is 0 Å². The van der Waals surface area contributed by atoms with Gasteiger partial charge in [0.2, 0.25) is 0 Å². The van der Waals surface area contributed by atoms with Crippen LogP contribution in [0.1, 0.15) is 6.99 Å². The van der Waals surface area contributed by atoms with Crippen molar-refractivity contribution in [3.05, 3.63) is 36.4 Å². The molecule has 1 nitrogen and oxygen atoms in total. The molecule has 0 amide bonds. The summed E-state index contributed by atoms with van der Waals surface area (Å²) < 4.78 is 0. The molecule has 0 spiro atoms. The van der Waals surface area contributed by atoms with Crippen LogP contribution < -0.4 is 29.6 Å². The van der Waals surface area contributed by atoms with E-state index in [1.54, 1.807) is 18.2 Å². The number of rotatable bonds is 1. The van der Waals surface area contributed by atoms with Gasteiger partial charge in [0, 0.05) is 5.56 Å². The summed E-state index contributed by atoms with van der Waals surface area (Å²) in [5, 5.41) is 9.04. The Morgan fingerprint density at radius 3 is 2.40 bits per heavy atom. The average molecular weight is 144 g/mol. The Kier molecular flexibility index (Phi) is 4.45. The quantitative estimate of drug-likeness (QED) is 0.509. The minimum absolute atomic E-state index is 0. The molecule has 0 heterocycles. The predicted molar refractivity (Wildman–Crippen MR) is 39.3 cm³/mol. The molecular formula is C8H9NaO. The van der Waals surface area contributed by atoms with Crippen LogP contribution in [0, 0.1) is 0 Å². The van der Waals surface area contributed by atoms with Crippen LogP contribution in [-0.4, -0.2) is 5.11 Å². The Balaban J connectivity index is 0. The second-order valence-electron chi connectivity index (χ2n) is 1.76. The third-order valence-corrected chi connectivity index (χ3v) is 1.16. The van der Waals surface area contributed by atoms with Crippen molar-refractivity contribution < 1.29 is 36.1 Å². The second kappa shape index (κ2) is 4.56. The standard InChI is InChI=1S/C8H8O.Na.H/c1-2-7-5-3-4-6-8(7)9;;/h2-6,9H,1H2;;/q;+1;-1. The van der Waals surface area contributed by atoms with Crippen LogP contribution in [0.25, 0.3) is 6.08 Å². The molecule has 0 saturated carbocycles. The number of para-hydroxylation sites is 1. The van der Waals surface area contributed by atoms with Gasteiger partial charge in [-0.05, 0) is 6.07 Å². The van der Waals surface area contributed by atoms with Crippen LogP contribution in [0.15, 0.2) is 30.8 Å². The number of aromatic hydroxyl groups is 1. The fourth-order valence-electron chi connectivity index (χ4n) is 0.660. The first-order chi connectivity index (χ1) is 4.34. The predicted octanol–water partition coefficient (Wildman–Crippen LogP) is -0.848. The van der Waals surface area contributed by atoms with Crippen LogP contribution in [0.3, 0.4) is 0 Å². The van der Waals surface area contributed by atoms with Crippen molar-refractivity contribution in [1.29, 1.82) is 0 Å². The van der Waals surface area contributed by atoms with Gasteiger partial charge in [-0.2, -0.15) is 0 Å². The second-order valence-corrected chi connectivity index (χ2v) is 1.76. The van der Waals surface area contributed by atoms with Gasteiger partial charge >= 0.3 is 29.6 Å². The summed E-state index contributed by atoms with van der Waals surface area (Å²) in [6.07, 6.45) is 1.62. The fourth-order valence-corrected chi connectivity index (χ4v) is 0.660. The minimum atomic E-state index is 0. The Bertz CT molecular complexity index is 225. The third kappa shape index (κ3) is 2.18. The monoisotopic (exact) mass is 144 g/mol. The molecule has 48 valence electrons. The minimum Gasteiger partial charge on any atom is -1.00 e. The van der Waals surface area contributed by atoms with E-state index in [1.807, 2.05) is 12.1 Å². The molecule has 0 saturated heterocycles. The Hall–Kier alpha value is -0.240. The number of hydrogen-bond acceptors (Lipinski definition) is 1. The molecule has 0 atom stereocenters. The zero-order chi connectivity index (χ0) is 6.69. The molecular weight excluding hydrogens is 135 g/mol. The van der Waals surface area contributed by atoms with E-state index in [2.05, 4.69) is 6.58 Å². The Morgan fingerprint density at radius 2 is 2.00 bits per heavy atom. The topological polar surface area (TPSA) is 20.2 Å². The molecule has 1 N–H and O–H groups in total. The summed E-state index contributed by atoms with van der Waals surface area (Å²) in [6.45, 7) is 3.53. The van der Waals surface area contributed by atoms with Gasteiger partial charge in [0.15, 0.2) is 0 Å². The van der Waals surface area contributed by atoms with Crippen molar-refractivity contribution in [2.24, 2.45) is 0 Å². The molecule has 1 aromatic rings. The molecule has 0 aromatic heterocycles. The SMILES string of the molecule is C=Cc1ccccc1O.[H-].[Na+]. The Labute approximate surface area is 84.2 Å². The number of hydrogen-bond donors (Lipinski definition) is 1. The van der Waals surface area contributed by atoms with Gasteiger partial charge in [-0.3, -0.25) is 0 Å². The maximum atomic E-state index is 9.04.